The van der Waals surface area contributed by atoms with E-state index in [2.05, 4.69) is 14.4 Å². The van der Waals surface area contributed by atoms with Gasteiger partial charge in [-0.1, -0.05) is 35.0 Å². The Morgan fingerprint density at radius 1 is 1.26 bits per heavy atom. The zero-order valence-corrected chi connectivity index (χ0v) is 13.8. The number of sulfonamides is 1. The third-order valence-corrected chi connectivity index (χ3v) is 4.81. The second-order valence-corrected chi connectivity index (χ2v) is 7.61. The van der Waals surface area contributed by atoms with Crippen molar-refractivity contribution in [2.45, 2.75) is 38.5 Å². The number of aromatic nitrogens is 1. The van der Waals surface area contributed by atoms with Crippen LogP contribution in [0.1, 0.15) is 42.9 Å². The molecule has 0 aliphatic rings. The molecule has 0 bridgehead atoms. The smallest absolute Gasteiger partial charge is 0.298 e. The topological polar surface area (TPSA) is 72.2 Å². The molecule has 1 aromatic carbocycles. The first-order chi connectivity index (χ1) is 10.6. The number of hydrogen-bond donors (Lipinski definition) is 1. The molecule has 2 aromatic rings. The normalized spacial score (nSPS) is 12.8. The van der Waals surface area contributed by atoms with Crippen LogP contribution in [0.4, 0.5) is 8.78 Å². The van der Waals surface area contributed by atoms with Crippen LogP contribution in [-0.4, -0.2) is 13.6 Å². The van der Waals surface area contributed by atoms with Gasteiger partial charge in [0.25, 0.3) is 6.43 Å². The highest BCUT2D eigenvalue weighted by molar-refractivity contribution is 7.88. The molecule has 0 spiro atoms. The van der Waals surface area contributed by atoms with E-state index in [9.17, 15) is 17.2 Å². The first kappa shape index (κ1) is 17.6. The number of benzene rings is 1. The number of nitrogens with one attached hydrogen (secondary N) is 1. The van der Waals surface area contributed by atoms with Gasteiger partial charge >= 0.3 is 0 Å². The molecule has 1 N–H and O–H groups in total. The largest absolute Gasteiger partial charge is 0.355 e. The van der Waals surface area contributed by atoms with Gasteiger partial charge in [0, 0.05) is 6.07 Å². The monoisotopic (exact) mass is 344 g/mol. The Morgan fingerprint density at radius 3 is 2.39 bits per heavy atom. The summed E-state index contributed by atoms with van der Waals surface area (Å²) in [5.41, 5.74) is 0.592. The summed E-state index contributed by atoms with van der Waals surface area (Å²) < 4.78 is 56.7. The van der Waals surface area contributed by atoms with Crippen molar-refractivity contribution in [2.24, 2.45) is 0 Å². The lowest BCUT2D eigenvalue weighted by atomic mass is 10.0. The lowest BCUT2D eigenvalue weighted by molar-refractivity contribution is 0.112. The van der Waals surface area contributed by atoms with Gasteiger partial charge in [0.05, 0.1) is 11.3 Å². The highest BCUT2D eigenvalue weighted by Crippen LogP contribution is 2.26. The van der Waals surface area contributed by atoms with Crippen LogP contribution in [0.25, 0.3) is 0 Å². The third-order valence-electron chi connectivity index (χ3n) is 3.27. The maximum Gasteiger partial charge on any atom is 0.298 e. The predicted molar refractivity (Wildman–Crippen MR) is 81.4 cm³/mol. The average Bonchev–Trinajstić information content (AvgIpc) is 2.90. The SMILES string of the molecule is Cc1ccc(CS(=O)(=O)NC(C)(C)c2cc(C(F)F)on2)cc1. The summed E-state index contributed by atoms with van der Waals surface area (Å²) in [5.74, 6) is -0.804. The van der Waals surface area contributed by atoms with Gasteiger partial charge in [-0.2, -0.15) is 0 Å². The summed E-state index contributed by atoms with van der Waals surface area (Å²) in [6.45, 7) is 4.98. The highest BCUT2D eigenvalue weighted by atomic mass is 32.2. The van der Waals surface area contributed by atoms with Crippen LogP contribution in [0.3, 0.4) is 0 Å². The van der Waals surface area contributed by atoms with Crippen LogP contribution < -0.4 is 4.72 Å². The van der Waals surface area contributed by atoms with Crippen molar-refractivity contribution >= 4 is 10.0 Å². The lowest BCUT2D eigenvalue weighted by Crippen LogP contribution is -2.41. The number of nitrogens with zero attached hydrogens (tertiary/aromatic N) is 1. The second-order valence-electron chi connectivity index (χ2n) is 5.89. The minimum atomic E-state index is -3.68. The molecule has 5 nitrogen and oxygen atoms in total. The molecule has 0 saturated carbocycles. The van der Waals surface area contributed by atoms with Gasteiger partial charge < -0.3 is 4.52 Å². The van der Waals surface area contributed by atoms with Gasteiger partial charge in [-0.05, 0) is 26.3 Å². The zero-order chi connectivity index (χ0) is 17.3. The fourth-order valence-electron chi connectivity index (χ4n) is 2.07. The van der Waals surface area contributed by atoms with Crippen molar-refractivity contribution in [1.29, 1.82) is 0 Å². The average molecular weight is 344 g/mol. The van der Waals surface area contributed by atoms with Gasteiger partial charge in [-0.15, -0.1) is 0 Å². The van der Waals surface area contributed by atoms with E-state index in [-0.39, 0.29) is 11.4 Å². The number of rotatable bonds is 6. The summed E-state index contributed by atoms with van der Waals surface area (Å²) in [4.78, 5) is 0. The molecule has 1 heterocycles. The van der Waals surface area contributed by atoms with E-state index in [1.54, 1.807) is 12.1 Å². The number of alkyl halides is 2. The van der Waals surface area contributed by atoms with Crippen molar-refractivity contribution in [3.63, 3.8) is 0 Å². The van der Waals surface area contributed by atoms with E-state index in [1.165, 1.54) is 13.8 Å². The van der Waals surface area contributed by atoms with Crippen molar-refractivity contribution < 1.29 is 21.7 Å². The van der Waals surface area contributed by atoms with Crippen LogP contribution in [0, 0.1) is 6.92 Å². The van der Waals surface area contributed by atoms with Crippen LogP contribution >= 0.6 is 0 Å². The maximum atomic E-state index is 12.6. The van der Waals surface area contributed by atoms with E-state index in [0.717, 1.165) is 11.6 Å². The van der Waals surface area contributed by atoms with Crippen LogP contribution in [0.15, 0.2) is 34.9 Å². The molecule has 0 atom stereocenters. The Hall–Kier alpha value is -1.80. The molecule has 0 unspecified atom stereocenters. The van der Waals surface area contributed by atoms with Gasteiger partial charge in [-0.3, -0.25) is 0 Å². The van der Waals surface area contributed by atoms with Crippen LogP contribution in [0.5, 0.6) is 0 Å². The fourth-order valence-corrected chi connectivity index (χ4v) is 3.65. The van der Waals surface area contributed by atoms with Crippen LogP contribution in [-0.2, 0) is 21.3 Å². The summed E-state index contributed by atoms with van der Waals surface area (Å²) in [5, 5.41) is 3.53. The Morgan fingerprint density at radius 2 is 1.87 bits per heavy atom. The van der Waals surface area contributed by atoms with Crippen molar-refractivity contribution in [2.75, 3.05) is 0 Å². The summed E-state index contributed by atoms with van der Waals surface area (Å²) in [7, 11) is -3.68. The minimum Gasteiger partial charge on any atom is -0.355 e. The first-order valence-electron chi connectivity index (χ1n) is 6.91. The zero-order valence-electron chi connectivity index (χ0n) is 13.0. The van der Waals surface area contributed by atoms with Crippen molar-refractivity contribution in [1.82, 2.24) is 9.88 Å². The van der Waals surface area contributed by atoms with E-state index >= 15 is 0 Å². The number of aryl methyl sites for hydroxylation is 1. The standard InChI is InChI=1S/C15H18F2N2O3S/c1-10-4-6-11(7-5-10)9-23(20,21)19-15(2,3)13-8-12(14(16)17)22-18-13/h4-8,14,19H,9H2,1-3H3. The quantitative estimate of drug-likeness (QED) is 0.873. The molecule has 0 fully saturated rings. The molecule has 1 aromatic heterocycles. The fraction of sp³-hybridized carbons (Fsp3) is 0.400. The Labute approximate surface area is 133 Å². The lowest BCUT2D eigenvalue weighted by Gasteiger charge is -2.23. The maximum absolute atomic E-state index is 12.6. The Balaban J connectivity index is 2.15. The molecular formula is C15H18F2N2O3S. The molecule has 23 heavy (non-hydrogen) atoms. The summed E-state index contributed by atoms with van der Waals surface area (Å²) in [6, 6.07) is 8.16. The van der Waals surface area contributed by atoms with Crippen molar-refractivity contribution in [3.05, 3.63) is 52.9 Å². The van der Waals surface area contributed by atoms with Gasteiger partial charge in [0.2, 0.25) is 15.8 Å². The highest BCUT2D eigenvalue weighted by Gasteiger charge is 2.31. The van der Waals surface area contributed by atoms with E-state index in [1.807, 2.05) is 19.1 Å². The molecule has 0 amide bonds. The van der Waals surface area contributed by atoms with E-state index in [4.69, 9.17) is 0 Å². The van der Waals surface area contributed by atoms with Crippen LogP contribution in [0.2, 0.25) is 0 Å². The minimum absolute atomic E-state index is 0.0975. The molecule has 0 aliphatic carbocycles. The predicted octanol–water partition coefficient (Wildman–Crippen LogP) is 3.28. The Kier molecular flexibility index (Phi) is 4.86. The molecule has 2 rings (SSSR count). The molecule has 8 heteroatoms. The third kappa shape index (κ3) is 4.59. The number of halogens is 2. The van der Waals surface area contributed by atoms with Gasteiger partial charge in [0.15, 0.2) is 0 Å². The second kappa shape index (κ2) is 6.37. The van der Waals surface area contributed by atoms with Gasteiger partial charge in [0.1, 0.15) is 5.69 Å². The molecule has 0 radical (unpaired) electrons. The van der Waals surface area contributed by atoms with E-state index in [0.29, 0.717) is 5.56 Å². The molecular weight excluding hydrogens is 326 g/mol. The Bertz CT molecular complexity index is 768. The molecule has 126 valence electrons. The number of hydrogen-bond acceptors (Lipinski definition) is 4. The molecule has 0 saturated heterocycles. The van der Waals surface area contributed by atoms with E-state index < -0.39 is 27.7 Å². The summed E-state index contributed by atoms with van der Waals surface area (Å²) in [6.07, 6.45) is -2.80. The molecule has 0 aliphatic heterocycles. The van der Waals surface area contributed by atoms with Crippen molar-refractivity contribution in [3.8, 4) is 0 Å². The summed E-state index contributed by atoms with van der Waals surface area (Å²) >= 11 is 0. The first-order valence-corrected chi connectivity index (χ1v) is 8.57. The van der Waals surface area contributed by atoms with Gasteiger partial charge in [-0.25, -0.2) is 21.9 Å².